The molecule has 3 rings (SSSR count). The molecule has 1 aliphatic heterocycles. The summed E-state index contributed by atoms with van der Waals surface area (Å²) in [5.41, 5.74) is 3.05. The number of aliphatic hydroxyl groups is 1. The maximum atomic E-state index is 13.1. The standard InChI is InChI=1S/C22H28FN3O2.HI/c1-3-24-22(25-14-20(27)17-8-10-18(23)11-9-17)26-12-13-28-21(15-26)19-7-5-4-6-16(19)2;/h4-11,20-21,27H,3,12-15H2,1-2H3,(H,24,25);1H. The molecule has 2 unspecified atom stereocenters. The summed E-state index contributed by atoms with van der Waals surface area (Å²) < 4.78 is 19.1. The van der Waals surface area contributed by atoms with Crippen LogP contribution in [0.3, 0.4) is 0 Å². The fourth-order valence-corrected chi connectivity index (χ4v) is 3.37. The van der Waals surface area contributed by atoms with Gasteiger partial charge in [-0.25, -0.2) is 4.39 Å². The lowest BCUT2D eigenvalue weighted by Crippen LogP contribution is -2.48. The van der Waals surface area contributed by atoms with E-state index in [1.54, 1.807) is 12.1 Å². The average Bonchev–Trinajstić information content (AvgIpc) is 2.72. The largest absolute Gasteiger partial charge is 0.386 e. The predicted octanol–water partition coefficient (Wildman–Crippen LogP) is 3.82. The molecule has 0 radical (unpaired) electrons. The number of ether oxygens (including phenoxy) is 1. The molecular formula is C22H29FIN3O2. The quantitative estimate of drug-likeness (QED) is 0.363. The molecule has 1 heterocycles. The second-order valence-corrected chi connectivity index (χ2v) is 6.92. The topological polar surface area (TPSA) is 57.1 Å². The van der Waals surface area contributed by atoms with E-state index in [9.17, 15) is 9.50 Å². The summed E-state index contributed by atoms with van der Waals surface area (Å²) in [7, 11) is 0. The van der Waals surface area contributed by atoms with Crippen LogP contribution in [-0.2, 0) is 4.74 Å². The number of benzene rings is 2. The highest BCUT2D eigenvalue weighted by molar-refractivity contribution is 14.0. The van der Waals surface area contributed by atoms with Crippen LogP contribution in [0.15, 0.2) is 53.5 Å². The zero-order chi connectivity index (χ0) is 19.9. The molecule has 1 fully saturated rings. The molecule has 5 nitrogen and oxygen atoms in total. The third-order valence-corrected chi connectivity index (χ3v) is 4.90. The molecule has 0 amide bonds. The van der Waals surface area contributed by atoms with Crippen molar-refractivity contribution >= 4 is 29.9 Å². The monoisotopic (exact) mass is 513 g/mol. The molecule has 29 heavy (non-hydrogen) atoms. The Hall–Kier alpha value is -1.71. The molecule has 2 N–H and O–H groups in total. The molecule has 0 saturated carbocycles. The van der Waals surface area contributed by atoms with Crippen LogP contribution < -0.4 is 5.32 Å². The van der Waals surface area contributed by atoms with E-state index >= 15 is 0 Å². The molecule has 0 spiro atoms. The molecule has 2 atom stereocenters. The lowest BCUT2D eigenvalue weighted by molar-refractivity contribution is -0.00839. The lowest BCUT2D eigenvalue weighted by atomic mass is 10.0. The molecule has 1 saturated heterocycles. The zero-order valence-corrected chi connectivity index (χ0v) is 19.2. The van der Waals surface area contributed by atoms with Gasteiger partial charge in [0.15, 0.2) is 5.96 Å². The smallest absolute Gasteiger partial charge is 0.194 e. The van der Waals surface area contributed by atoms with Gasteiger partial charge >= 0.3 is 0 Å². The van der Waals surface area contributed by atoms with Gasteiger partial charge in [0.05, 0.1) is 25.8 Å². The van der Waals surface area contributed by atoms with Crippen molar-refractivity contribution in [1.29, 1.82) is 0 Å². The van der Waals surface area contributed by atoms with Gasteiger partial charge in [-0.15, -0.1) is 24.0 Å². The Labute approximate surface area is 189 Å². The first-order chi connectivity index (χ1) is 13.6. The normalized spacial score (nSPS) is 18.1. The number of morpholine rings is 1. The number of aryl methyl sites for hydroxylation is 1. The van der Waals surface area contributed by atoms with Crippen LogP contribution in [0, 0.1) is 12.7 Å². The van der Waals surface area contributed by atoms with Gasteiger partial charge in [0.2, 0.25) is 0 Å². The summed E-state index contributed by atoms with van der Waals surface area (Å²) in [5.74, 6) is 0.439. The van der Waals surface area contributed by atoms with Gasteiger partial charge < -0.3 is 20.1 Å². The number of nitrogens with one attached hydrogen (secondary N) is 1. The summed E-state index contributed by atoms with van der Waals surface area (Å²) in [6.45, 7) is 7.10. The Morgan fingerprint density at radius 2 is 2.00 bits per heavy atom. The van der Waals surface area contributed by atoms with Crippen molar-refractivity contribution < 1.29 is 14.2 Å². The molecule has 1 aliphatic rings. The van der Waals surface area contributed by atoms with Gasteiger partial charge in [-0.05, 0) is 42.7 Å². The maximum Gasteiger partial charge on any atom is 0.194 e. The molecule has 2 aromatic carbocycles. The van der Waals surface area contributed by atoms with E-state index in [1.807, 2.05) is 19.1 Å². The molecule has 0 bridgehead atoms. The van der Waals surface area contributed by atoms with Gasteiger partial charge in [0.25, 0.3) is 0 Å². The number of hydrogen-bond donors (Lipinski definition) is 2. The van der Waals surface area contributed by atoms with Crippen molar-refractivity contribution in [2.24, 2.45) is 4.99 Å². The van der Waals surface area contributed by atoms with Gasteiger partial charge in [0.1, 0.15) is 11.9 Å². The highest BCUT2D eigenvalue weighted by Gasteiger charge is 2.25. The summed E-state index contributed by atoms with van der Waals surface area (Å²) in [5, 5.41) is 13.7. The summed E-state index contributed by atoms with van der Waals surface area (Å²) in [4.78, 5) is 6.79. The second-order valence-electron chi connectivity index (χ2n) is 6.92. The molecule has 158 valence electrons. The van der Waals surface area contributed by atoms with Crippen molar-refractivity contribution in [3.8, 4) is 0 Å². The Balaban J connectivity index is 0.00000300. The predicted molar refractivity (Wildman–Crippen MR) is 124 cm³/mol. The van der Waals surface area contributed by atoms with Crippen LogP contribution in [-0.4, -0.2) is 48.8 Å². The minimum atomic E-state index is -0.775. The Bertz CT molecular complexity index is 801. The number of aliphatic hydroxyl groups excluding tert-OH is 1. The molecule has 2 aromatic rings. The number of halogens is 2. The van der Waals surface area contributed by atoms with E-state index < -0.39 is 6.10 Å². The van der Waals surface area contributed by atoms with Crippen molar-refractivity contribution in [3.63, 3.8) is 0 Å². The van der Waals surface area contributed by atoms with Crippen molar-refractivity contribution in [2.75, 3.05) is 32.8 Å². The van der Waals surface area contributed by atoms with Gasteiger partial charge in [-0.1, -0.05) is 36.4 Å². The molecule has 0 aromatic heterocycles. The lowest BCUT2D eigenvalue weighted by Gasteiger charge is -2.36. The molecule has 7 heteroatoms. The molecule has 0 aliphatic carbocycles. The van der Waals surface area contributed by atoms with Gasteiger partial charge in [0, 0.05) is 13.1 Å². The summed E-state index contributed by atoms with van der Waals surface area (Å²) in [6, 6.07) is 14.1. The fraction of sp³-hybridized carbons (Fsp3) is 0.409. The SMILES string of the molecule is CCNC(=NCC(O)c1ccc(F)cc1)N1CCOC(c2ccccc2C)C1.I. The van der Waals surface area contributed by atoms with Crippen LogP contribution in [0.25, 0.3) is 0 Å². The number of nitrogens with zero attached hydrogens (tertiary/aromatic N) is 2. The first-order valence-electron chi connectivity index (χ1n) is 9.72. The maximum absolute atomic E-state index is 13.1. The summed E-state index contributed by atoms with van der Waals surface area (Å²) in [6.07, 6.45) is -0.789. The first kappa shape index (κ1) is 23.6. The highest BCUT2D eigenvalue weighted by atomic mass is 127. The van der Waals surface area contributed by atoms with Crippen LogP contribution >= 0.6 is 24.0 Å². The zero-order valence-electron chi connectivity index (χ0n) is 16.8. The van der Waals surface area contributed by atoms with E-state index in [0.29, 0.717) is 18.7 Å². The van der Waals surface area contributed by atoms with Crippen LogP contribution in [0.2, 0.25) is 0 Å². The van der Waals surface area contributed by atoms with Crippen molar-refractivity contribution in [1.82, 2.24) is 10.2 Å². The summed E-state index contributed by atoms with van der Waals surface area (Å²) >= 11 is 0. The fourth-order valence-electron chi connectivity index (χ4n) is 3.37. The average molecular weight is 513 g/mol. The second kappa shape index (κ2) is 11.5. The van der Waals surface area contributed by atoms with Gasteiger partial charge in [-0.2, -0.15) is 0 Å². The first-order valence-corrected chi connectivity index (χ1v) is 9.72. The van der Waals surface area contributed by atoms with E-state index in [4.69, 9.17) is 4.74 Å². The van der Waals surface area contributed by atoms with Crippen molar-refractivity contribution in [3.05, 3.63) is 71.0 Å². The van der Waals surface area contributed by atoms with Crippen molar-refractivity contribution in [2.45, 2.75) is 26.1 Å². The Kier molecular flexibility index (Phi) is 9.32. The third-order valence-electron chi connectivity index (χ3n) is 4.90. The highest BCUT2D eigenvalue weighted by Crippen LogP contribution is 2.25. The Morgan fingerprint density at radius 1 is 1.28 bits per heavy atom. The minimum Gasteiger partial charge on any atom is -0.386 e. The number of rotatable bonds is 5. The third kappa shape index (κ3) is 6.38. The van der Waals surface area contributed by atoms with E-state index in [2.05, 4.69) is 34.3 Å². The number of hydrogen-bond acceptors (Lipinski definition) is 3. The van der Waals surface area contributed by atoms with Gasteiger partial charge in [-0.3, -0.25) is 4.99 Å². The minimum absolute atomic E-state index is 0. The van der Waals surface area contributed by atoms with Crippen LogP contribution in [0.4, 0.5) is 4.39 Å². The number of aliphatic imine (C=N–C) groups is 1. The van der Waals surface area contributed by atoms with Crippen LogP contribution in [0.1, 0.15) is 35.8 Å². The van der Waals surface area contributed by atoms with E-state index in [-0.39, 0.29) is 42.4 Å². The van der Waals surface area contributed by atoms with E-state index in [0.717, 1.165) is 19.0 Å². The van der Waals surface area contributed by atoms with E-state index in [1.165, 1.54) is 23.3 Å². The molecular weight excluding hydrogens is 484 g/mol. The van der Waals surface area contributed by atoms with Crippen LogP contribution in [0.5, 0.6) is 0 Å². The Morgan fingerprint density at radius 3 is 2.69 bits per heavy atom. The number of guanidine groups is 1.